The Labute approximate surface area is 205 Å². The lowest BCUT2D eigenvalue weighted by Crippen LogP contribution is -2.25. The van der Waals surface area contributed by atoms with Crippen molar-refractivity contribution in [2.45, 2.75) is 71.6 Å². The molecular weight excluding hydrogens is 446 g/mol. The summed E-state index contributed by atoms with van der Waals surface area (Å²) in [5, 5.41) is 0. The van der Waals surface area contributed by atoms with E-state index in [0.717, 1.165) is 11.4 Å². The molecule has 184 valence electrons. The van der Waals surface area contributed by atoms with Gasteiger partial charge in [-0.05, 0) is 38.1 Å². The summed E-state index contributed by atoms with van der Waals surface area (Å²) in [4.78, 5) is 17.9. The monoisotopic (exact) mass is 478 g/mol. The third-order valence-electron chi connectivity index (χ3n) is 5.94. The molecule has 0 N–H and O–H groups in total. The van der Waals surface area contributed by atoms with Crippen molar-refractivity contribution in [2.75, 3.05) is 0 Å². The zero-order chi connectivity index (χ0) is 25.8. The van der Waals surface area contributed by atoms with Gasteiger partial charge < -0.3 is 0 Å². The number of pyridine rings is 2. The van der Waals surface area contributed by atoms with E-state index in [1.54, 1.807) is 9.13 Å². The molecular formula is C27H32F2N6. The summed E-state index contributed by atoms with van der Waals surface area (Å²) in [6.45, 7) is 16.0. The predicted octanol–water partition coefficient (Wildman–Crippen LogP) is 6.05. The number of halogens is 2. The molecule has 0 aliphatic heterocycles. The zero-order valence-corrected chi connectivity index (χ0v) is 21.6. The molecule has 4 heterocycles. The number of rotatable bonds is 4. The quantitative estimate of drug-likeness (QED) is 0.358. The molecule has 35 heavy (non-hydrogen) atoms. The molecule has 0 saturated carbocycles. The highest BCUT2D eigenvalue weighted by Crippen LogP contribution is 2.32. The Bertz CT molecular complexity index is 1270. The average Bonchev–Trinajstić information content (AvgIpc) is 3.37. The van der Waals surface area contributed by atoms with Gasteiger partial charge >= 0.3 is 0 Å². The van der Waals surface area contributed by atoms with E-state index in [2.05, 4.69) is 9.97 Å². The maximum Gasteiger partial charge on any atom is 0.231 e. The largest absolute Gasteiger partial charge is 0.284 e. The van der Waals surface area contributed by atoms with Gasteiger partial charge in [-0.2, -0.15) is 8.78 Å². The third-order valence-corrected chi connectivity index (χ3v) is 5.94. The molecule has 0 unspecified atom stereocenters. The molecule has 6 nitrogen and oxygen atoms in total. The Morgan fingerprint density at radius 3 is 1.29 bits per heavy atom. The van der Waals surface area contributed by atoms with Crippen LogP contribution in [0.4, 0.5) is 8.78 Å². The molecule has 0 aromatic carbocycles. The smallest absolute Gasteiger partial charge is 0.231 e. The minimum absolute atomic E-state index is 0.363. The highest BCUT2D eigenvalue weighted by atomic mass is 19.1. The van der Waals surface area contributed by atoms with Gasteiger partial charge in [0.25, 0.3) is 0 Å². The van der Waals surface area contributed by atoms with E-state index in [-0.39, 0.29) is 10.8 Å². The van der Waals surface area contributed by atoms with Crippen molar-refractivity contribution < 1.29 is 8.78 Å². The van der Waals surface area contributed by atoms with Crippen molar-refractivity contribution in [3.8, 4) is 11.6 Å². The Morgan fingerprint density at radius 1 is 0.571 bits per heavy atom. The minimum atomic E-state index is -0.589. The van der Waals surface area contributed by atoms with Crippen molar-refractivity contribution >= 4 is 0 Å². The van der Waals surface area contributed by atoms with Crippen LogP contribution in [0, 0.1) is 11.9 Å². The van der Waals surface area contributed by atoms with Crippen LogP contribution in [0.15, 0.2) is 48.8 Å². The molecule has 8 heteroatoms. The van der Waals surface area contributed by atoms with Crippen LogP contribution >= 0.6 is 0 Å². The lowest BCUT2D eigenvalue weighted by Gasteiger charge is -2.26. The molecule has 0 amide bonds. The van der Waals surface area contributed by atoms with Crippen LogP contribution in [-0.4, -0.2) is 29.1 Å². The van der Waals surface area contributed by atoms with E-state index in [4.69, 9.17) is 9.97 Å². The van der Waals surface area contributed by atoms with E-state index in [1.807, 2.05) is 91.8 Å². The highest BCUT2D eigenvalue weighted by Gasteiger charge is 2.30. The van der Waals surface area contributed by atoms with Gasteiger partial charge in [-0.3, -0.25) is 9.13 Å². The second kappa shape index (κ2) is 8.36. The first-order chi connectivity index (χ1) is 16.2. The number of imidazole rings is 2. The van der Waals surface area contributed by atoms with E-state index in [0.29, 0.717) is 23.3 Å². The standard InChI is InChI=1S/C27H32F2N6/c1-25(2,3)23-32-19(28)15-34(23)21-13-9-11-17(30-21)27(7,8)18-12-10-14-22(31-18)35-16-20(29)33-24(35)26(4,5)6/h9-16H,1-8H3. The topological polar surface area (TPSA) is 61.4 Å². The van der Waals surface area contributed by atoms with Gasteiger partial charge in [-0.1, -0.05) is 53.7 Å². The molecule has 0 fully saturated rings. The Balaban J connectivity index is 1.78. The highest BCUT2D eigenvalue weighted by molar-refractivity contribution is 5.38. The summed E-state index contributed by atoms with van der Waals surface area (Å²) in [5.41, 5.74) is 0.216. The molecule has 4 aromatic heterocycles. The Hall–Kier alpha value is -3.42. The first-order valence-corrected chi connectivity index (χ1v) is 11.6. The van der Waals surface area contributed by atoms with Crippen LogP contribution in [-0.2, 0) is 16.2 Å². The number of hydrogen-bond donors (Lipinski definition) is 0. The zero-order valence-electron chi connectivity index (χ0n) is 21.6. The molecule has 0 saturated heterocycles. The second-order valence-corrected chi connectivity index (χ2v) is 11.4. The Morgan fingerprint density at radius 2 is 0.943 bits per heavy atom. The fraction of sp³-hybridized carbons (Fsp3) is 0.407. The van der Waals surface area contributed by atoms with Crippen LogP contribution in [0.3, 0.4) is 0 Å². The van der Waals surface area contributed by atoms with Crippen LogP contribution in [0.25, 0.3) is 11.6 Å². The van der Waals surface area contributed by atoms with Crippen LogP contribution in [0.2, 0.25) is 0 Å². The van der Waals surface area contributed by atoms with Crippen LogP contribution < -0.4 is 0 Å². The van der Waals surface area contributed by atoms with Crippen molar-refractivity contribution in [1.29, 1.82) is 0 Å². The number of aromatic nitrogens is 6. The van der Waals surface area contributed by atoms with Crippen molar-refractivity contribution in [2.24, 2.45) is 0 Å². The lowest BCUT2D eigenvalue weighted by atomic mass is 9.84. The van der Waals surface area contributed by atoms with Gasteiger partial charge in [-0.15, -0.1) is 0 Å². The molecule has 0 spiro atoms. The first kappa shape index (κ1) is 24.7. The molecule has 0 aliphatic rings. The van der Waals surface area contributed by atoms with Crippen LogP contribution in [0.5, 0.6) is 0 Å². The lowest BCUT2D eigenvalue weighted by molar-refractivity contribution is 0.518. The summed E-state index contributed by atoms with van der Waals surface area (Å²) in [6, 6.07) is 11.3. The second-order valence-electron chi connectivity index (χ2n) is 11.4. The molecule has 4 aromatic rings. The van der Waals surface area contributed by atoms with Gasteiger partial charge in [0.2, 0.25) is 11.9 Å². The van der Waals surface area contributed by atoms with Crippen molar-refractivity contribution in [1.82, 2.24) is 29.1 Å². The summed E-state index contributed by atoms with van der Waals surface area (Å²) in [6.07, 6.45) is 2.72. The Kier molecular flexibility index (Phi) is 5.90. The summed E-state index contributed by atoms with van der Waals surface area (Å²) >= 11 is 0. The molecule has 0 aliphatic carbocycles. The van der Waals surface area contributed by atoms with Crippen molar-refractivity contribution in [3.63, 3.8) is 0 Å². The van der Waals surface area contributed by atoms with Gasteiger partial charge in [0.15, 0.2) is 0 Å². The van der Waals surface area contributed by atoms with Crippen LogP contribution in [0.1, 0.15) is 78.4 Å². The maximum atomic E-state index is 14.1. The van der Waals surface area contributed by atoms with E-state index >= 15 is 0 Å². The van der Waals surface area contributed by atoms with E-state index < -0.39 is 17.3 Å². The first-order valence-electron chi connectivity index (χ1n) is 11.6. The normalized spacial score (nSPS) is 12.9. The molecule has 0 atom stereocenters. The van der Waals surface area contributed by atoms with Gasteiger partial charge in [0.05, 0.1) is 23.8 Å². The predicted molar refractivity (Wildman–Crippen MR) is 132 cm³/mol. The van der Waals surface area contributed by atoms with E-state index in [9.17, 15) is 8.78 Å². The SMILES string of the molecule is CC(C)(C)c1nc(F)cn1-c1cccc(C(C)(C)c2cccc(-n3cc(F)nc3C(C)(C)C)n2)n1. The summed E-state index contributed by atoms with van der Waals surface area (Å²) in [7, 11) is 0. The maximum absolute atomic E-state index is 14.1. The average molecular weight is 479 g/mol. The van der Waals surface area contributed by atoms with Gasteiger partial charge in [0.1, 0.15) is 23.3 Å². The number of nitrogens with zero attached hydrogens (tertiary/aromatic N) is 6. The fourth-order valence-electron chi connectivity index (χ4n) is 4.05. The minimum Gasteiger partial charge on any atom is -0.284 e. The summed E-state index contributed by atoms with van der Waals surface area (Å²) < 4.78 is 31.6. The number of hydrogen-bond acceptors (Lipinski definition) is 4. The van der Waals surface area contributed by atoms with E-state index in [1.165, 1.54) is 12.4 Å². The van der Waals surface area contributed by atoms with Crippen molar-refractivity contribution in [3.05, 3.63) is 83.7 Å². The fourth-order valence-corrected chi connectivity index (χ4v) is 4.05. The summed E-state index contributed by atoms with van der Waals surface area (Å²) in [5.74, 6) is 1.26. The molecule has 0 radical (unpaired) electrons. The molecule has 4 rings (SSSR count). The third kappa shape index (κ3) is 4.74. The van der Waals surface area contributed by atoms with Gasteiger partial charge in [0, 0.05) is 16.2 Å². The van der Waals surface area contributed by atoms with Gasteiger partial charge in [-0.25, -0.2) is 19.9 Å². The molecule has 0 bridgehead atoms.